The molecule has 1 heterocycles. The molecule has 0 bridgehead atoms. The number of H-pyrrole nitrogens is 1. The molecular formula is C14H16BrN3. The van der Waals surface area contributed by atoms with Gasteiger partial charge in [0.25, 0.3) is 0 Å². The Kier molecular flexibility index (Phi) is 2.79. The largest absolute Gasteiger partial charge is 0.341 e. The number of rotatable bonds is 3. The number of hydrogen-bond donors (Lipinski definition) is 2. The fraction of sp³-hybridized carbons (Fsp3) is 0.357. The summed E-state index contributed by atoms with van der Waals surface area (Å²) in [4.78, 5) is 7.96. The lowest BCUT2D eigenvalue weighted by molar-refractivity contribution is 0.659. The minimum absolute atomic E-state index is 0.123. The first-order valence-corrected chi connectivity index (χ1v) is 6.96. The molecule has 1 aromatic carbocycles. The Morgan fingerprint density at radius 3 is 2.89 bits per heavy atom. The number of nitrogens with one attached hydrogen (secondary N) is 1. The molecule has 1 saturated carbocycles. The molecule has 0 unspecified atom stereocenters. The zero-order valence-electron chi connectivity index (χ0n) is 10.3. The Morgan fingerprint density at radius 2 is 2.22 bits per heavy atom. The van der Waals surface area contributed by atoms with Gasteiger partial charge in [-0.2, -0.15) is 0 Å². The first-order valence-electron chi connectivity index (χ1n) is 6.17. The van der Waals surface area contributed by atoms with E-state index in [4.69, 9.17) is 5.73 Å². The van der Waals surface area contributed by atoms with Gasteiger partial charge in [-0.15, -0.1) is 0 Å². The van der Waals surface area contributed by atoms with E-state index in [0.29, 0.717) is 6.54 Å². The van der Waals surface area contributed by atoms with Crippen molar-refractivity contribution < 1.29 is 0 Å². The molecule has 4 heteroatoms. The lowest BCUT2D eigenvalue weighted by atomic mass is 10.1. The van der Waals surface area contributed by atoms with E-state index >= 15 is 0 Å². The second-order valence-corrected chi connectivity index (χ2v) is 6.00. The molecular weight excluding hydrogens is 290 g/mol. The number of aryl methyl sites for hydroxylation is 1. The first kappa shape index (κ1) is 11.9. The number of aromatic amines is 1. The maximum Gasteiger partial charge on any atom is 0.114 e. The van der Waals surface area contributed by atoms with E-state index in [2.05, 4.69) is 51.0 Å². The van der Waals surface area contributed by atoms with Gasteiger partial charge in [0.05, 0.1) is 11.9 Å². The number of aromatic nitrogens is 2. The van der Waals surface area contributed by atoms with Gasteiger partial charge in [-0.3, -0.25) is 0 Å². The normalized spacial score (nSPS) is 16.8. The van der Waals surface area contributed by atoms with Gasteiger partial charge in [0.15, 0.2) is 0 Å². The van der Waals surface area contributed by atoms with Gasteiger partial charge in [-0.25, -0.2) is 4.98 Å². The fourth-order valence-corrected chi connectivity index (χ4v) is 2.66. The number of nitrogens with two attached hydrogens (primary N) is 1. The van der Waals surface area contributed by atoms with Crippen LogP contribution in [0.1, 0.15) is 24.2 Å². The SMILES string of the molecule is Cc1ccc(Br)cc1-c1cnc(C2(CN)CC2)[nH]1. The van der Waals surface area contributed by atoms with Gasteiger partial charge in [0.2, 0.25) is 0 Å². The third kappa shape index (κ3) is 1.89. The molecule has 1 aliphatic carbocycles. The zero-order valence-corrected chi connectivity index (χ0v) is 11.9. The first-order chi connectivity index (χ1) is 8.64. The third-order valence-corrected chi connectivity index (χ3v) is 4.31. The topological polar surface area (TPSA) is 54.7 Å². The van der Waals surface area contributed by atoms with Crippen LogP contribution in [0.5, 0.6) is 0 Å². The standard InChI is InChI=1S/C14H16BrN3/c1-9-2-3-10(15)6-11(9)12-7-17-13(18-12)14(8-16)4-5-14/h2-3,6-7H,4-5,8,16H2,1H3,(H,17,18). The summed E-state index contributed by atoms with van der Waals surface area (Å²) < 4.78 is 1.08. The molecule has 0 amide bonds. The van der Waals surface area contributed by atoms with Crippen molar-refractivity contribution in [1.29, 1.82) is 0 Å². The highest BCUT2D eigenvalue weighted by Gasteiger charge is 2.45. The summed E-state index contributed by atoms with van der Waals surface area (Å²) in [6.07, 6.45) is 4.21. The van der Waals surface area contributed by atoms with Crippen LogP contribution in [-0.4, -0.2) is 16.5 Å². The lowest BCUT2D eigenvalue weighted by Gasteiger charge is -2.08. The van der Waals surface area contributed by atoms with Crippen LogP contribution in [0.4, 0.5) is 0 Å². The van der Waals surface area contributed by atoms with Crippen molar-refractivity contribution in [2.45, 2.75) is 25.2 Å². The summed E-state index contributed by atoms with van der Waals surface area (Å²) in [7, 11) is 0. The van der Waals surface area contributed by atoms with E-state index in [9.17, 15) is 0 Å². The molecule has 2 aromatic rings. The predicted molar refractivity (Wildman–Crippen MR) is 76.4 cm³/mol. The number of imidazole rings is 1. The van der Waals surface area contributed by atoms with Crippen LogP contribution in [0.3, 0.4) is 0 Å². The van der Waals surface area contributed by atoms with Crippen molar-refractivity contribution in [2.24, 2.45) is 5.73 Å². The monoisotopic (exact) mass is 305 g/mol. The fourth-order valence-electron chi connectivity index (χ4n) is 2.30. The second-order valence-electron chi connectivity index (χ2n) is 5.09. The van der Waals surface area contributed by atoms with Gasteiger partial charge in [0.1, 0.15) is 5.82 Å². The molecule has 18 heavy (non-hydrogen) atoms. The van der Waals surface area contributed by atoms with E-state index in [1.807, 2.05) is 6.20 Å². The Morgan fingerprint density at radius 1 is 1.44 bits per heavy atom. The number of halogens is 1. The highest BCUT2D eigenvalue weighted by atomic mass is 79.9. The van der Waals surface area contributed by atoms with Crippen LogP contribution in [0.15, 0.2) is 28.9 Å². The molecule has 1 aromatic heterocycles. The summed E-state index contributed by atoms with van der Waals surface area (Å²) in [5.74, 6) is 1.04. The summed E-state index contributed by atoms with van der Waals surface area (Å²) in [5.41, 5.74) is 9.46. The molecule has 3 rings (SSSR count). The van der Waals surface area contributed by atoms with Gasteiger partial charge < -0.3 is 10.7 Å². The minimum Gasteiger partial charge on any atom is -0.341 e. The molecule has 0 saturated heterocycles. The average Bonchev–Trinajstić information content (AvgIpc) is 3.02. The molecule has 1 fully saturated rings. The Bertz CT molecular complexity index is 584. The highest BCUT2D eigenvalue weighted by Crippen LogP contribution is 2.46. The van der Waals surface area contributed by atoms with Crippen molar-refractivity contribution in [3.63, 3.8) is 0 Å². The molecule has 0 spiro atoms. The van der Waals surface area contributed by atoms with Crippen LogP contribution in [-0.2, 0) is 5.41 Å². The van der Waals surface area contributed by atoms with Crippen LogP contribution >= 0.6 is 15.9 Å². The average molecular weight is 306 g/mol. The molecule has 3 nitrogen and oxygen atoms in total. The van der Waals surface area contributed by atoms with Gasteiger partial charge in [-0.05, 0) is 37.5 Å². The number of hydrogen-bond acceptors (Lipinski definition) is 2. The minimum atomic E-state index is 0.123. The molecule has 0 atom stereocenters. The van der Waals surface area contributed by atoms with Crippen LogP contribution < -0.4 is 5.73 Å². The van der Waals surface area contributed by atoms with Crippen molar-refractivity contribution in [2.75, 3.05) is 6.54 Å². The van der Waals surface area contributed by atoms with Gasteiger partial charge >= 0.3 is 0 Å². The maximum absolute atomic E-state index is 5.84. The molecule has 0 radical (unpaired) electrons. The van der Waals surface area contributed by atoms with E-state index in [-0.39, 0.29) is 5.41 Å². The predicted octanol–water partition coefficient (Wildman–Crippen LogP) is 3.14. The number of benzene rings is 1. The van der Waals surface area contributed by atoms with Crippen molar-refractivity contribution >= 4 is 15.9 Å². The Labute approximate surface area is 115 Å². The Balaban J connectivity index is 2.00. The quantitative estimate of drug-likeness (QED) is 0.915. The molecule has 94 valence electrons. The second kappa shape index (κ2) is 4.21. The van der Waals surface area contributed by atoms with Crippen LogP contribution in [0.25, 0.3) is 11.3 Å². The van der Waals surface area contributed by atoms with Crippen LogP contribution in [0.2, 0.25) is 0 Å². The maximum atomic E-state index is 5.84. The van der Waals surface area contributed by atoms with Gasteiger partial charge in [0, 0.05) is 22.0 Å². The van der Waals surface area contributed by atoms with Crippen molar-refractivity contribution in [1.82, 2.24) is 9.97 Å². The molecule has 3 N–H and O–H groups in total. The Hall–Kier alpha value is -1.13. The number of nitrogens with zero attached hydrogens (tertiary/aromatic N) is 1. The smallest absolute Gasteiger partial charge is 0.114 e. The highest BCUT2D eigenvalue weighted by molar-refractivity contribution is 9.10. The van der Waals surface area contributed by atoms with E-state index < -0.39 is 0 Å². The van der Waals surface area contributed by atoms with Crippen LogP contribution in [0, 0.1) is 6.92 Å². The molecule has 0 aliphatic heterocycles. The molecule has 1 aliphatic rings. The lowest BCUT2D eigenvalue weighted by Crippen LogP contribution is -2.21. The summed E-state index contributed by atoms with van der Waals surface area (Å²) >= 11 is 3.51. The van der Waals surface area contributed by atoms with Crippen molar-refractivity contribution in [3.05, 3.63) is 40.3 Å². The van der Waals surface area contributed by atoms with Gasteiger partial charge in [-0.1, -0.05) is 22.0 Å². The zero-order chi connectivity index (χ0) is 12.8. The van der Waals surface area contributed by atoms with E-state index in [1.165, 1.54) is 11.1 Å². The van der Waals surface area contributed by atoms with Crippen molar-refractivity contribution in [3.8, 4) is 11.3 Å². The summed E-state index contributed by atoms with van der Waals surface area (Å²) in [6.45, 7) is 2.79. The summed E-state index contributed by atoms with van der Waals surface area (Å²) in [6, 6.07) is 6.28. The summed E-state index contributed by atoms with van der Waals surface area (Å²) in [5, 5.41) is 0. The van der Waals surface area contributed by atoms with E-state index in [1.54, 1.807) is 0 Å². The third-order valence-electron chi connectivity index (χ3n) is 3.81. The van der Waals surface area contributed by atoms with E-state index in [0.717, 1.165) is 28.8 Å².